The fraction of sp³-hybridized carbons (Fsp3) is 0.188. The van der Waals surface area contributed by atoms with Gasteiger partial charge in [-0.15, -0.1) is 0 Å². The first-order valence-electron chi connectivity index (χ1n) is 19.9. The van der Waals surface area contributed by atoms with Gasteiger partial charge in [0.2, 0.25) is 0 Å². The summed E-state index contributed by atoms with van der Waals surface area (Å²) in [6, 6.07) is 26.3. The summed E-state index contributed by atoms with van der Waals surface area (Å²) in [5, 5.41) is 20.5. The normalized spacial score (nSPS) is 10.5. The van der Waals surface area contributed by atoms with Crippen molar-refractivity contribution < 1.29 is 41.2 Å². The number of H-pyrrole nitrogens is 1. The van der Waals surface area contributed by atoms with E-state index in [1.165, 1.54) is 39.7 Å². The average Bonchev–Trinajstić information content (AvgIpc) is 4.08. The van der Waals surface area contributed by atoms with Gasteiger partial charge in [-0.1, -0.05) is 49.7 Å². The number of esters is 3. The van der Waals surface area contributed by atoms with E-state index < -0.39 is 16.1 Å². The molecule has 3 aromatic carbocycles. The van der Waals surface area contributed by atoms with Crippen LogP contribution in [0.4, 0.5) is 0 Å². The summed E-state index contributed by atoms with van der Waals surface area (Å²) in [6.45, 7) is 0.733. The molecule has 22 heteroatoms. The highest BCUT2D eigenvalue weighted by molar-refractivity contribution is 7.85. The monoisotopic (exact) mass is 1030 g/mol. The quantitative estimate of drug-likeness (QED) is 0.0764. The molecule has 0 aliphatic heterocycles. The predicted molar refractivity (Wildman–Crippen MR) is 269 cm³/mol. The van der Waals surface area contributed by atoms with Gasteiger partial charge in [0.15, 0.2) is 0 Å². The summed E-state index contributed by atoms with van der Waals surface area (Å²) in [7, 11) is 0.450. The van der Waals surface area contributed by atoms with Crippen molar-refractivity contribution in [3.8, 4) is 0 Å². The molecule has 0 bridgehead atoms. The van der Waals surface area contributed by atoms with Crippen molar-refractivity contribution in [3.05, 3.63) is 177 Å². The van der Waals surface area contributed by atoms with Gasteiger partial charge in [0.25, 0.3) is 10.1 Å². The van der Waals surface area contributed by atoms with Gasteiger partial charge in [-0.25, -0.2) is 14.4 Å². The Labute approximate surface area is 418 Å². The van der Waals surface area contributed by atoms with Gasteiger partial charge < -0.3 is 14.2 Å². The van der Waals surface area contributed by atoms with E-state index in [2.05, 4.69) is 44.3 Å². The number of fused-ring (bicyclic) bond motifs is 3. The molecule has 0 unspecified atom stereocenters. The molecule has 9 aromatic rings. The minimum Gasteiger partial charge on any atom is -0.465 e. The average molecular weight is 1030 g/mol. The number of ether oxygens (including phenoxy) is 3. The van der Waals surface area contributed by atoms with E-state index in [-0.39, 0.29) is 33.4 Å². The molecule has 0 aliphatic rings. The number of aromatic nitrogens is 9. The van der Waals surface area contributed by atoms with Gasteiger partial charge in [0.05, 0.1) is 103 Å². The maximum atomic E-state index is 11.5. The molecule has 366 valence electrons. The summed E-state index contributed by atoms with van der Waals surface area (Å²) in [6.07, 6.45) is 10.9. The third-order valence-electron chi connectivity index (χ3n) is 9.29. The molecule has 0 aliphatic carbocycles. The van der Waals surface area contributed by atoms with Crippen molar-refractivity contribution in [1.29, 1.82) is 0 Å². The number of hydrogen-bond acceptors (Lipinski definition) is 15. The minimum absolute atomic E-state index is 0. The topological polar surface area (TPSA) is 225 Å². The zero-order chi connectivity index (χ0) is 48.8. The molecule has 9 rings (SSSR count). The van der Waals surface area contributed by atoms with E-state index in [9.17, 15) is 22.8 Å². The van der Waals surface area contributed by atoms with Crippen molar-refractivity contribution in [2.24, 2.45) is 0 Å². The first-order valence-corrected chi connectivity index (χ1v) is 22.8. The Morgan fingerprint density at radius 2 is 1.11 bits per heavy atom. The molecule has 0 saturated carbocycles. The lowest BCUT2D eigenvalue weighted by Gasteiger charge is -2.05. The van der Waals surface area contributed by atoms with E-state index in [0.717, 1.165) is 55.4 Å². The molecule has 0 fully saturated rings. The second-order valence-electron chi connectivity index (χ2n) is 14.2. The molecule has 0 radical (unpaired) electrons. The molecule has 0 spiro atoms. The summed E-state index contributed by atoms with van der Waals surface area (Å²) in [5.74, 6) is -1.27. The number of carbonyl (C=O) groups is 3. The second-order valence-corrected chi connectivity index (χ2v) is 17.1. The number of nitrogens with zero attached hydrogens (tertiary/aromatic N) is 8. The van der Waals surface area contributed by atoms with Gasteiger partial charge in [0.1, 0.15) is 6.61 Å². The zero-order valence-electron chi connectivity index (χ0n) is 36.5. The fourth-order valence-electron chi connectivity index (χ4n) is 6.13. The lowest BCUT2D eigenvalue weighted by atomic mass is 10.2. The molecule has 18 nitrogen and oxygen atoms in total. The van der Waals surface area contributed by atoms with Gasteiger partial charge >= 0.3 is 17.9 Å². The second kappa shape index (κ2) is 25.9. The smallest absolute Gasteiger partial charge is 0.337 e. The predicted octanol–water partition coefficient (Wildman–Crippen LogP) is 9.67. The van der Waals surface area contributed by atoms with Crippen molar-refractivity contribution >= 4 is 95.5 Å². The van der Waals surface area contributed by atoms with Crippen LogP contribution in [-0.4, -0.2) is 98.6 Å². The summed E-state index contributed by atoms with van der Waals surface area (Å²) in [5.41, 5.74) is 5.90. The van der Waals surface area contributed by atoms with Gasteiger partial charge in [-0.3, -0.25) is 33.6 Å². The fourth-order valence-corrected chi connectivity index (χ4v) is 7.01. The van der Waals surface area contributed by atoms with Crippen molar-refractivity contribution in [1.82, 2.24) is 44.7 Å². The largest absolute Gasteiger partial charge is 0.465 e. The Morgan fingerprint density at radius 1 is 0.614 bits per heavy atom. The van der Waals surface area contributed by atoms with Gasteiger partial charge in [-0.05, 0) is 91.0 Å². The van der Waals surface area contributed by atoms with Crippen LogP contribution in [-0.2, 0) is 48.2 Å². The van der Waals surface area contributed by atoms with Crippen molar-refractivity contribution in [2.45, 2.75) is 34.5 Å². The summed E-state index contributed by atoms with van der Waals surface area (Å²) < 4.78 is 43.5. The number of hydrogen-bond donors (Lipinski definition) is 1. The highest BCUT2D eigenvalue weighted by Crippen LogP contribution is 2.21. The van der Waals surface area contributed by atoms with Crippen LogP contribution in [0.25, 0.3) is 32.7 Å². The zero-order valence-corrected chi connectivity index (χ0v) is 39.6. The molecular formula is C48H48Cl3N9O9S. The molecule has 0 atom stereocenters. The molecular weight excluding hydrogens is 985 g/mol. The van der Waals surface area contributed by atoms with E-state index in [1.807, 2.05) is 59.4 Å². The number of aromatic amines is 1. The minimum atomic E-state index is -3.52. The van der Waals surface area contributed by atoms with Crippen molar-refractivity contribution in [2.75, 3.05) is 27.6 Å². The van der Waals surface area contributed by atoms with Gasteiger partial charge in [0, 0.05) is 56.0 Å². The lowest BCUT2D eigenvalue weighted by molar-refractivity contribution is 0.0591. The first-order chi connectivity index (χ1) is 32.6. The number of pyridine rings is 3. The SMILES string of the molecule is C.C.COC(=O)c1ccnc(COS(C)(=O)=O)c1.COC(=O)c1ccnc(Cn2cc3cc(Cl)ccc3n2)c1.COC(=O)c1ccnc(Cn2ncc3cc(Cl)ccc32)c1.Clc1ccc2[nH]ncc2c1. The van der Waals surface area contributed by atoms with E-state index in [4.69, 9.17) is 44.3 Å². The van der Waals surface area contributed by atoms with E-state index in [1.54, 1.807) is 59.8 Å². The molecule has 0 amide bonds. The number of nitrogens with one attached hydrogen (secondary N) is 1. The third-order valence-corrected chi connectivity index (χ3v) is 10.5. The maximum Gasteiger partial charge on any atom is 0.337 e. The Kier molecular flexibility index (Phi) is 20.5. The number of rotatable bonds is 10. The molecule has 0 saturated heterocycles. The number of halogens is 3. The molecule has 70 heavy (non-hydrogen) atoms. The molecule has 1 N–H and O–H groups in total. The van der Waals surface area contributed by atoms with Crippen LogP contribution in [0.2, 0.25) is 15.1 Å². The molecule has 6 heterocycles. The Balaban J connectivity index is 0.000000207. The van der Waals surface area contributed by atoms with Crippen LogP contribution in [0.5, 0.6) is 0 Å². The Bertz CT molecular complexity index is 3320. The highest BCUT2D eigenvalue weighted by atomic mass is 35.5. The number of benzene rings is 3. The first kappa shape index (κ1) is 55.3. The third kappa shape index (κ3) is 15.9. The van der Waals surface area contributed by atoms with Crippen molar-refractivity contribution in [3.63, 3.8) is 0 Å². The van der Waals surface area contributed by atoms with E-state index >= 15 is 0 Å². The lowest BCUT2D eigenvalue weighted by Crippen LogP contribution is -2.06. The van der Waals surface area contributed by atoms with Crippen LogP contribution >= 0.6 is 34.8 Å². The van der Waals surface area contributed by atoms with Crippen LogP contribution in [0.1, 0.15) is 63.0 Å². The Hall–Kier alpha value is -7.29. The standard InChI is InChI=1S/2C15H12ClN3O2.C9H11NO5S.C7H5ClN2.2CH4/c1-21-15(20)10-4-5-17-13(7-10)9-19-8-11-6-12(16)2-3-14(11)18-19;1-21-15(20)10-4-5-17-13(7-10)9-19-14-3-2-12(16)6-11(14)8-18-19;1-14-9(11)7-3-4-10-8(5-7)6-15-16(2,12)13;8-6-1-2-7-5(3-6)4-9-10-7;;/h2*2-8H,9H2,1H3;3-5H,6H2,1-2H3;1-4H,(H,9,10);2*1H4. The maximum absolute atomic E-state index is 11.5. The van der Waals surface area contributed by atoms with Crippen LogP contribution in [0.15, 0.2) is 128 Å². The van der Waals surface area contributed by atoms with Crippen LogP contribution in [0.3, 0.4) is 0 Å². The van der Waals surface area contributed by atoms with Crippen LogP contribution in [0, 0.1) is 0 Å². The van der Waals surface area contributed by atoms with Crippen LogP contribution < -0.4 is 0 Å². The summed E-state index contributed by atoms with van der Waals surface area (Å²) >= 11 is 17.7. The summed E-state index contributed by atoms with van der Waals surface area (Å²) in [4.78, 5) is 46.6. The highest BCUT2D eigenvalue weighted by Gasteiger charge is 2.12. The molecule has 6 aromatic heterocycles. The number of methoxy groups -OCH3 is 3. The Morgan fingerprint density at radius 3 is 1.69 bits per heavy atom. The van der Waals surface area contributed by atoms with E-state index in [0.29, 0.717) is 45.5 Å². The van der Waals surface area contributed by atoms with Gasteiger partial charge in [-0.2, -0.15) is 23.7 Å². The number of carbonyl (C=O) groups excluding carboxylic acids is 3.